The summed E-state index contributed by atoms with van der Waals surface area (Å²) in [5.74, 6) is -1.78. The van der Waals surface area contributed by atoms with E-state index in [9.17, 15) is 22.4 Å². The highest BCUT2D eigenvalue weighted by molar-refractivity contribution is 5.95. The summed E-state index contributed by atoms with van der Waals surface area (Å²) in [4.78, 5) is 14.0. The van der Waals surface area contributed by atoms with E-state index in [2.05, 4.69) is 16.9 Å². The largest absolute Gasteiger partial charge is 0.470 e. The molecule has 0 aliphatic heterocycles. The van der Waals surface area contributed by atoms with E-state index >= 15 is 0 Å². The van der Waals surface area contributed by atoms with Crippen molar-refractivity contribution in [3.05, 3.63) is 65.2 Å². The summed E-state index contributed by atoms with van der Waals surface area (Å²) in [5.41, 5.74) is 0.525. The van der Waals surface area contributed by atoms with Crippen LogP contribution in [0.4, 0.5) is 23.2 Å². The first kappa shape index (κ1) is 24.0. The van der Waals surface area contributed by atoms with Crippen LogP contribution in [-0.4, -0.2) is 31.6 Å². The second kappa shape index (κ2) is 11.2. The first-order valence-corrected chi connectivity index (χ1v) is 9.50. The van der Waals surface area contributed by atoms with Crippen molar-refractivity contribution < 1.29 is 27.1 Å². The topological polar surface area (TPSA) is 54.3 Å². The third-order valence-corrected chi connectivity index (χ3v) is 4.14. The number of rotatable bonds is 9. The molecule has 0 N–H and O–H groups in total. The lowest BCUT2D eigenvalue weighted by atomic mass is 10.1. The van der Waals surface area contributed by atoms with E-state index in [1.54, 1.807) is 6.07 Å². The summed E-state index contributed by atoms with van der Waals surface area (Å²) in [6.45, 7) is 5.79. The van der Waals surface area contributed by atoms with E-state index < -0.39 is 24.7 Å². The summed E-state index contributed by atoms with van der Waals surface area (Å²) >= 11 is 0. The van der Waals surface area contributed by atoms with Gasteiger partial charge in [0.05, 0.1) is 6.54 Å². The molecule has 0 saturated heterocycles. The lowest BCUT2D eigenvalue weighted by Gasteiger charge is -2.24. The highest BCUT2D eigenvalue weighted by atomic mass is 19.3. The van der Waals surface area contributed by atoms with Crippen molar-refractivity contribution in [1.82, 2.24) is 0 Å². The zero-order valence-corrected chi connectivity index (χ0v) is 17.2. The number of nitrogens with zero attached hydrogens (tertiary/aromatic N) is 3. The molecule has 31 heavy (non-hydrogen) atoms. The van der Waals surface area contributed by atoms with Crippen LogP contribution in [0.2, 0.25) is 0 Å². The van der Waals surface area contributed by atoms with Crippen LogP contribution in [0, 0.1) is 17.6 Å². The van der Waals surface area contributed by atoms with Gasteiger partial charge in [-0.25, -0.2) is 17.6 Å². The van der Waals surface area contributed by atoms with Crippen LogP contribution in [0.25, 0.3) is 0 Å². The van der Waals surface area contributed by atoms with Crippen LogP contribution in [0.1, 0.15) is 31.4 Å². The fourth-order valence-electron chi connectivity index (χ4n) is 2.78. The van der Waals surface area contributed by atoms with Gasteiger partial charge in [-0.3, -0.25) is 4.79 Å². The van der Waals surface area contributed by atoms with Crippen LogP contribution < -0.4 is 4.90 Å². The van der Waals surface area contributed by atoms with E-state index in [1.165, 1.54) is 35.2 Å². The van der Waals surface area contributed by atoms with Crippen molar-refractivity contribution in [2.45, 2.75) is 33.2 Å². The smallest absolute Gasteiger partial charge is 0.272 e. The zero-order chi connectivity index (χ0) is 23.0. The average Bonchev–Trinajstić information content (AvgIpc) is 2.69. The van der Waals surface area contributed by atoms with Gasteiger partial charge in [0.2, 0.25) is 11.8 Å². The Hall–Kier alpha value is -3.23. The van der Waals surface area contributed by atoms with E-state index in [-0.39, 0.29) is 41.8 Å². The molecule has 0 saturated carbocycles. The molecule has 2 rings (SSSR count). The van der Waals surface area contributed by atoms with Crippen molar-refractivity contribution in [2.75, 3.05) is 11.5 Å². The monoisotopic (exact) mass is 437 g/mol. The Labute approximate surface area is 178 Å². The van der Waals surface area contributed by atoms with E-state index in [4.69, 9.17) is 4.74 Å². The quantitative estimate of drug-likeness (QED) is 0.235. The molecule has 2 aromatic carbocycles. The van der Waals surface area contributed by atoms with Crippen molar-refractivity contribution in [1.29, 1.82) is 0 Å². The number of halogens is 4. The van der Waals surface area contributed by atoms with Crippen molar-refractivity contribution in [2.24, 2.45) is 16.1 Å². The summed E-state index contributed by atoms with van der Waals surface area (Å²) in [5, 5.41) is 6.77. The van der Waals surface area contributed by atoms with Gasteiger partial charge in [0.25, 0.3) is 6.43 Å². The van der Waals surface area contributed by atoms with Crippen LogP contribution in [0.15, 0.2) is 52.7 Å². The van der Waals surface area contributed by atoms with Crippen LogP contribution in [-0.2, 0) is 16.1 Å². The lowest BCUT2D eigenvalue weighted by Crippen LogP contribution is -2.31. The number of carbonyl (C=O) groups excluding carboxylic acids is 1. The summed E-state index contributed by atoms with van der Waals surface area (Å²) < 4.78 is 58.2. The molecule has 0 aliphatic carbocycles. The molecule has 0 radical (unpaired) electrons. The highest BCUT2D eigenvalue weighted by Crippen LogP contribution is 2.23. The predicted molar refractivity (Wildman–Crippen MR) is 111 cm³/mol. The maximum atomic E-state index is 14.8. The minimum Gasteiger partial charge on any atom is -0.470 e. The van der Waals surface area contributed by atoms with Gasteiger partial charge in [0.15, 0.2) is 6.61 Å². The summed E-state index contributed by atoms with van der Waals surface area (Å²) in [7, 11) is 0. The molecule has 0 bridgehead atoms. The predicted octanol–water partition coefficient (Wildman–Crippen LogP) is 5.19. The van der Waals surface area contributed by atoms with E-state index in [0.29, 0.717) is 5.69 Å². The molecule has 0 heterocycles. The average molecular weight is 437 g/mol. The number of benzene rings is 2. The number of ether oxygens (including phenoxy) is 1. The molecule has 5 nitrogen and oxygen atoms in total. The Morgan fingerprint density at radius 1 is 1.16 bits per heavy atom. The Bertz CT molecular complexity index is 948. The maximum Gasteiger partial charge on any atom is 0.272 e. The van der Waals surface area contributed by atoms with Crippen molar-refractivity contribution in [3.63, 3.8) is 0 Å². The number of hydrogen-bond acceptors (Lipinski definition) is 4. The molecule has 0 spiro atoms. The lowest BCUT2D eigenvalue weighted by molar-refractivity contribution is -0.119. The third-order valence-electron chi connectivity index (χ3n) is 4.14. The molecular formula is C22H23F4N3O2. The Morgan fingerprint density at radius 2 is 1.90 bits per heavy atom. The molecular weight excluding hydrogens is 414 g/mol. The highest BCUT2D eigenvalue weighted by Gasteiger charge is 2.20. The maximum absolute atomic E-state index is 14.8. The number of alkyl halides is 2. The molecule has 0 aromatic heterocycles. The fourth-order valence-corrected chi connectivity index (χ4v) is 2.78. The minimum absolute atomic E-state index is 0.0490. The Balaban J connectivity index is 2.33. The zero-order valence-electron chi connectivity index (χ0n) is 17.2. The van der Waals surface area contributed by atoms with E-state index in [0.717, 1.165) is 6.07 Å². The van der Waals surface area contributed by atoms with E-state index in [1.807, 2.05) is 13.8 Å². The SMILES string of the molecule is C=N/N=C(\OCC(F)F)c1ccc(CN(C(=O)CC(C)C)c2cccc(F)c2)c(F)c1. The normalized spacial score (nSPS) is 11.7. The molecule has 2 aromatic rings. The van der Waals surface area contributed by atoms with Gasteiger partial charge in [-0.2, -0.15) is 5.10 Å². The number of anilines is 1. The second-order valence-electron chi connectivity index (χ2n) is 7.11. The fraction of sp³-hybridized carbons (Fsp3) is 0.318. The number of carbonyl (C=O) groups is 1. The second-order valence-corrected chi connectivity index (χ2v) is 7.11. The van der Waals surface area contributed by atoms with Gasteiger partial charge < -0.3 is 9.64 Å². The van der Waals surface area contributed by atoms with Gasteiger partial charge >= 0.3 is 0 Å². The molecule has 0 aliphatic rings. The molecule has 0 unspecified atom stereocenters. The molecule has 1 amide bonds. The summed E-state index contributed by atoms with van der Waals surface area (Å²) in [6, 6.07) is 9.30. The standard InChI is InChI=1S/C22H23F4N3O2/c1-14(2)9-21(30)29(18-6-4-5-17(23)11-18)12-16-8-7-15(10-19(16)24)22(28-27-3)31-13-20(25)26/h4-8,10-11,14,20H,3,9,12-13H2,1-2H3/b28-22-. The van der Waals surface area contributed by atoms with Crippen molar-refractivity contribution in [3.8, 4) is 0 Å². The van der Waals surface area contributed by atoms with Gasteiger partial charge in [-0.05, 0) is 36.2 Å². The first-order valence-electron chi connectivity index (χ1n) is 9.50. The van der Waals surface area contributed by atoms with Crippen molar-refractivity contribution >= 4 is 24.2 Å². The minimum atomic E-state index is -2.74. The number of hydrogen-bond donors (Lipinski definition) is 0. The first-order chi connectivity index (χ1) is 14.7. The Kier molecular flexibility index (Phi) is 8.72. The molecule has 0 atom stereocenters. The molecule has 0 fully saturated rings. The van der Waals surface area contributed by atoms with Gasteiger partial charge in [0, 0.05) is 30.0 Å². The van der Waals surface area contributed by atoms with Gasteiger partial charge in [-0.15, -0.1) is 5.10 Å². The number of amides is 1. The summed E-state index contributed by atoms with van der Waals surface area (Å²) in [6.07, 6.45) is -2.55. The Morgan fingerprint density at radius 3 is 2.48 bits per heavy atom. The third kappa shape index (κ3) is 7.20. The molecule has 9 heteroatoms. The van der Waals surface area contributed by atoms with Crippen LogP contribution >= 0.6 is 0 Å². The van der Waals surface area contributed by atoms with Gasteiger partial charge in [0.1, 0.15) is 11.6 Å². The van der Waals surface area contributed by atoms with Crippen LogP contribution in [0.5, 0.6) is 0 Å². The molecule has 166 valence electrons. The van der Waals surface area contributed by atoms with Gasteiger partial charge in [-0.1, -0.05) is 26.0 Å². The van der Waals surface area contributed by atoms with Crippen LogP contribution in [0.3, 0.4) is 0 Å².